The Morgan fingerprint density at radius 1 is 1.22 bits per heavy atom. The number of ketones is 1. The summed E-state index contributed by atoms with van der Waals surface area (Å²) in [5, 5.41) is 0. The van der Waals surface area contributed by atoms with E-state index >= 15 is 0 Å². The lowest BCUT2D eigenvalue weighted by atomic mass is 9.76. The van der Waals surface area contributed by atoms with Gasteiger partial charge in [-0.2, -0.15) is 0 Å². The molecule has 6 nitrogen and oxygen atoms in total. The highest BCUT2D eigenvalue weighted by Crippen LogP contribution is 2.40. The van der Waals surface area contributed by atoms with Crippen molar-refractivity contribution >= 4 is 21.6 Å². The molecule has 3 rings (SSSR count). The number of hydrogen-bond donors (Lipinski definition) is 0. The summed E-state index contributed by atoms with van der Waals surface area (Å²) in [7, 11) is -3.47. The number of esters is 1. The van der Waals surface area contributed by atoms with Crippen LogP contribution in [0.2, 0.25) is 0 Å². The minimum absolute atomic E-state index is 0.0485. The van der Waals surface area contributed by atoms with Crippen molar-refractivity contribution < 1.29 is 22.7 Å². The summed E-state index contributed by atoms with van der Waals surface area (Å²) in [5.41, 5.74) is -0.672. The molecule has 0 amide bonds. The van der Waals surface area contributed by atoms with E-state index in [-0.39, 0.29) is 23.0 Å². The first-order chi connectivity index (χ1) is 12.7. The van der Waals surface area contributed by atoms with Gasteiger partial charge in [0.15, 0.2) is 21.0 Å². The molecule has 1 aromatic carbocycles. The zero-order valence-electron chi connectivity index (χ0n) is 15.6. The third kappa shape index (κ3) is 3.43. The van der Waals surface area contributed by atoms with E-state index < -0.39 is 27.0 Å². The van der Waals surface area contributed by atoms with Gasteiger partial charge in [0.2, 0.25) is 0 Å². The van der Waals surface area contributed by atoms with Crippen molar-refractivity contribution in [2.75, 3.05) is 12.9 Å². The van der Waals surface area contributed by atoms with E-state index in [0.29, 0.717) is 18.7 Å². The highest BCUT2D eigenvalue weighted by molar-refractivity contribution is 7.90. The molecule has 2 heterocycles. The summed E-state index contributed by atoms with van der Waals surface area (Å²) in [4.78, 5) is 26.6. The van der Waals surface area contributed by atoms with Crippen LogP contribution in [0.3, 0.4) is 0 Å². The van der Waals surface area contributed by atoms with Crippen molar-refractivity contribution in [2.45, 2.75) is 37.1 Å². The first-order valence-electron chi connectivity index (χ1n) is 8.84. The van der Waals surface area contributed by atoms with E-state index in [1.165, 1.54) is 18.2 Å². The van der Waals surface area contributed by atoms with Crippen molar-refractivity contribution in [1.29, 1.82) is 0 Å². The first kappa shape index (κ1) is 19.4. The number of ether oxygens (including phenoxy) is 1. The normalized spacial score (nSPS) is 19.1. The van der Waals surface area contributed by atoms with E-state index in [9.17, 15) is 18.0 Å². The lowest BCUT2D eigenvalue weighted by Crippen LogP contribution is -2.44. The SMILES string of the molecule is CC(C)COC(=O)C1(C(=O)c2cccc(S(C)(=O)=O)c2)CCn2cccc21. The largest absolute Gasteiger partial charge is 0.464 e. The number of hydrogen-bond acceptors (Lipinski definition) is 5. The van der Waals surface area contributed by atoms with Crippen molar-refractivity contribution in [2.24, 2.45) is 5.92 Å². The number of aryl methyl sites for hydroxylation is 1. The van der Waals surface area contributed by atoms with Crippen molar-refractivity contribution in [3.8, 4) is 0 Å². The maximum absolute atomic E-state index is 13.5. The van der Waals surface area contributed by atoms with Crippen LogP contribution in [-0.4, -0.2) is 37.6 Å². The summed E-state index contributed by atoms with van der Waals surface area (Å²) in [6.45, 7) is 4.60. The summed E-state index contributed by atoms with van der Waals surface area (Å²) < 4.78 is 31.1. The molecule has 0 bridgehead atoms. The van der Waals surface area contributed by atoms with Crippen molar-refractivity contribution in [1.82, 2.24) is 4.57 Å². The predicted octanol–water partition coefficient (Wildman–Crippen LogP) is 2.62. The second kappa shape index (κ2) is 6.96. The van der Waals surface area contributed by atoms with Crippen molar-refractivity contribution in [3.05, 3.63) is 53.9 Å². The van der Waals surface area contributed by atoms with Gasteiger partial charge in [-0.3, -0.25) is 9.59 Å². The molecule has 2 aromatic rings. The lowest BCUT2D eigenvalue weighted by molar-refractivity contribution is -0.149. The molecular formula is C20H23NO5S. The number of carbonyl (C=O) groups is 2. The Labute approximate surface area is 159 Å². The molecule has 1 atom stereocenters. The predicted molar refractivity (Wildman–Crippen MR) is 100 cm³/mol. The Morgan fingerprint density at radius 2 is 1.96 bits per heavy atom. The molecule has 0 aliphatic carbocycles. The molecule has 1 unspecified atom stereocenters. The number of sulfone groups is 1. The van der Waals surface area contributed by atoms with Gasteiger partial charge in [0.05, 0.1) is 11.5 Å². The second-order valence-electron chi connectivity index (χ2n) is 7.36. The second-order valence-corrected chi connectivity index (χ2v) is 9.38. The number of nitrogens with zero attached hydrogens (tertiary/aromatic N) is 1. The van der Waals surface area contributed by atoms with Crippen molar-refractivity contribution in [3.63, 3.8) is 0 Å². The van der Waals surface area contributed by atoms with E-state index in [2.05, 4.69) is 0 Å². The molecule has 1 aliphatic heterocycles. The number of aromatic nitrogens is 1. The van der Waals surface area contributed by atoms with Gasteiger partial charge in [0.25, 0.3) is 0 Å². The smallest absolute Gasteiger partial charge is 0.326 e. The summed E-state index contributed by atoms with van der Waals surface area (Å²) in [5.74, 6) is -0.870. The number of benzene rings is 1. The van der Waals surface area contributed by atoms with Crippen LogP contribution >= 0.6 is 0 Å². The number of rotatable bonds is 6. The highest BCUT2D eigenvalue weighted by Gasteiger charge is 2.53. The standard InChI is InChI=1S/C20H23NO5S/c1-14(2)13-26-19(23)20(9-11-21-10-5-8-17(20)21)18(22)15-6-4-7-16(12-15)27(3,24)25/h4-8,10,12,14H,9,11,13H2,1-3H3. The zero-order chi connectivity index (χ0) is 19.8. The molecule has 144 valence electrons. The van der Waals surface area contributed by atoms with Gasteiger partial charge < -0.3 is 9.30 Å². The van der Waals surface area contributed by atoms with Crippen LogP contribution in [-0.2, 0) is 31.3 Å². The Balaban J connectivity index is 2.08. The Bertz CT molecular complexity index is 989. The van der Waals surface area contributed by atoms with E-state index in [4.69, 9.17) is 4.74 Å². The molecular weight excluding hydrogens is 366 g/mol. The van der Waals surface area contributed by atoms with Crippen LogP contribution in [0.15, 0.2) is 47.5 Å². The fraction of sp³-hybridized carbons (Fsp3) is 0.400. The fourth-order valence-corrected chi connectivity index (χ4v) is 4.09. The quantitative estimate of drug-likeness (QED) is 0.431. The monoisotopic (exact) mass is 389 g/mol. The topological polar surface area (TPSA) is 82.4 Å². The van der Waals surface area contributed by atoms with Crippen LogP contribution in [0.4, 0.5) is 0 Å². The molecule has 0 N–H and O–H groups in total. The third-order valence-electron chi connectivity index (χ3n) is 4.80. The van der Waals surface area contributed by atoms with Gasteiger partial charge in [-0.15, -0.1) is 0 Å². The molecule has 0 spiro atoms. The number of Topliss-reactive ketones (excluding diaryl/α,β-unsaturated/α-hetero) is 1. The Hall–Kier alpha value is -2.41. The Morgan fingerprint density at radius 3 is 2.63 bits per heavy atom. The first-order valence-corrected chi connectivity index (χ1v) is 10.7. The molecule has 0 saturated carbocycles. The average molecular weight is 389 g/mol. The molecule has 0 radical (unpaired) electrons. The van der Waals surface area contributed by atoms with Gasteiger partial charge >= 0.3 is 5.97 Å². The summed E-state index contributed by atoms with van der Waals surface area (Å²) in [6.07, 6.45) is 3.21. The van der Waals surface area contributed by atoms with Gasteiger partial charge in [0, 0.05) is 30.3 Å². The van der Waals surface area contributed by atoms with Crippen LogP contribution < -0.4 is 0 Å². The molecule has 0 fully saturated rings. The summed E-state index contributed by atoms with van der Waals surface area (Å²) in [6, 6.07) is 9.37. The van der Waals surface area contributed by atoms with Gasteiger partial charge in [-0.1, -0.05) is 26.0 Å². The van der Waals surface area contributed by atoms with Crippen LogP contribution in [0.5, 0.6) is 0 Å². The van der Waals surface area contributed by atoms with Crippen LogP contribution in [0.25, 0.3) is 0 Å². The van der Waals surface area contributed by atoms with E-state index in [1.807, 2.05) is 24.6 Å². The highest BCUT2D eigenvalue weighted by atomic mass is 32.2. The maximum Gasteiger partial charge on any atom is 0.326 e. The Kier molecular flexibility index (Phi) is 4.99. The van der Waals surface area contributed by atoms with Crippen LogP contribution in [0.1, 0.15) is 36.3 Å². The lowest BCUT2D eigenvalue weighted by Gasteiger charge is -2.26. The number of carbonyl (C=O) groups excluding carboxylic acids is 2. The van der Waals surface area contributed by atoms with Crippen LogP contribution in [0, 0.1) is 5.92 Å². The average Bonchev–Trinajstić information content (AvgIpc) is 3.21. The molecule has 1 aromatic heterocycles. The van der Waals surface area contributed by atoms with Gasteiger partial charge in [-0.25, -0.2) is 8.42 Å². The molecule has 1 aliphatic rings. The van der Waals surface area contributed by atoms with E-state index in [1.54, 1.807) is 18.2 Å². The minimum atomic E-state index is -3.47. The molecule has 27 heavy (non-hydrogen) atoms. The van der Waals surface area contributed by atoms with E-state index in [0.717, 1.165) is 6.26 Å². The summed E-state index contributed by atoms with van der Waals surface area (Å²) >= 11 is 0. The number of fused-ring (bicyclic) bond motifs is 1. The van der Waals surface area contributed by atoms with Gasteiger partial charge in [-0.05, 0) is 36.6 Å². The molecule has 0 saturated heterocycles. The molecule has 7 heteroatoms. The third-order valence-corrected chi connectivity index (χ3v) is 5.91. The maximum atomic E-state index is 13.5. The fourth-order valence-electron chi connectivity index (χ4n) is 3.42. The van der Waals surface area contributed by atoms with Gasteiger partial charge in [0.1, 0.15) is 0 Å². The zero-order valence-corrected chi connectivity index (χ0v) is 16.5. The minimum Gasteiger partial charge on any atom is -0.464 e.